The molecule has 0 fully saturated rings. The number of ether oxygens (including phenoxy) is 2. The maximum atomic E-state index is 16.3. The number of aromatic nitrogens is 2. The molecular formula is C97H108F2N2O4. The molecule has 544 valence electrons. The van der Waals surface area contributed by atoms with Gasteiger partial charge in [0.2, 0.25) is 0 Å². The highest BCUT2D eigenvalue weighted by molar-refractivity contribution is 6.24. The van der Waals surface area contributed by atoms with Crippen LogP contribution in [0.2, 0.25) is 0 Å². The van der Waals surface area contributed by atoms with E-state index in [-0.39, 0.29) is 57.2 Å². The summed E-state index contributed by atoms with van der Waals surface area (Å²) in [5, 5.41) is 34.9. The summed E-state index contributed by atoms with van der Waals surface area (Å²) in [6.07, 6.45) is 5.67. The maximum absolute atomic E-state index is 16.3. The molecule has 2 aromatic heterocycles. The summed E-state index contributed by atoms with van der Waals surface area (Å²) in [6, 6.07) is 56.4. The zero-order valence-corrected chi connectivity index (χ0v) is 66.2. The van der Waals surface area contributed by atoms with Crippen molar-refractivity contribution in [3.05, 3.63) is 227 Å². The van der Waals surface area contributed by atoms with E-state index in [4.69, 9.17) is 19.4 Å². The normalized spacial score (nSPS) is 13.0. The Morgan fingerprint density at radius 2 is 0.610 bits per heavy atom. The molecule has 0 unspecified atom stereocenters. The smallest absolute Gasteiger partial charge is 0.131 e. The maximum Gasteiger partial charge on any atom is 0.131 e. The average Bonchev–Trinajstić information content (AvgIpc) is 0.722. The van der Waals surface area contributed by atoms with E-state index >= 15 is 8.78 Å². The van der Waals surface area contributed by atoms with Crippen molar-refractivity contribution in [3.63, 3.8) is 0 Å². The van der Waals surface area contributed by atoms with Crippen LogP contribution in [0.25, 0.3) is 110 Å². The third-order valence-electron chi connectivity index (χ3n) is 21.1. The fourth-order valence-corrected chi connectivity index (χ4v) is 16.3. The molecule has 0 bridgehead atoms. The number of halogens is 2. The van der Waals surface area contributed by atoms with E-state index in [2.05, 4.69) is 249 Å². The zero-order chi connectivity index (χ0) is 76.1. The summed E-state index contributed by atoms with van der Waals surface area (Å²) >= 11 is 0. The first-order valence-corrected chi connectivity index (χ1v) is 37.5. The van der Waals surface area contributed by atoms with Gasteiger partial charge in [-0.25, -0.2) is 8.78 Å². The fraction of sp³-hybridized carbons (Fsp3) is 0.361. The summed E-state index contributed by atoms with van der Waals surface area (Å²) in [7, 11) is 0. The van der Waals surface area contributed by atoms with Crippen LogP contribution in [-0.4, -0.2) is 33.4 Å². The van der Waals surface area contributed by atoms with E-state index < -0.39 is 22.5 Å². The van der Waals surface area contributed by atoms with E-state index in [0.29, 0.717) is 51.3 Å². The first kappa shape index (κ1) is 75.3. The van der Waals surface area contributed by atoms with Gasteiger partial charge < -0.3 is 19.7 Å². The Bertz CT molecular complexity index is 4980. The van der Waals surface area contributed by atoms with Gasteiger partial charge in [-0.2, -0.15) is 0 Å². The lowest BCUT2D eigenvalue weighted by atomic mass is 9.71. The lowest BCUT2D eigenvalue weighted by Crippen LogP contribution is -2.25. The number of fused-ring (bicyclic) bond motifs is 4. The largest absolute Gasteiger partial charge is 0.507 e. The molecule has 2 N–H and O–H groups in total. The van der Waals surface area contributed by atoms with Crippen molar-refractivity contribution < 1.29 is 28.5 Å². The number of nitrogens with zero attached hydrogens (tertiary/aromatic N) is 2. The number of aromatic hydroxyl groups is 2. The molecule has 0 amide bonds. The van der Waals surface area contributed by atoms with E-state index in [1.165, 1.54) is 35.4 Å². The Kier molecular flexibility index (Phi) is 19.7. The molecule has 12 rings (SSSR count). The molecule has 2 heterocycles. The van der Waals surface area contributed by atoms with Crippen LogP contribution in [0.1, 0.15) is 205 Å². The summed E-state index contributed by atoms with van der Waals surface area (Å²) in [5.41, 5.74) is 13.2. The lowest BCUT2D eigenvalue weighted by Gasteiger charge is -2.34. The van der Waals surface area contributed by atoms with Crippen LogP contribution in [0.5, 0.6) is 23.0 Å². The second-order valence-corrected chi connectivity index (χ2v) is 37.4. The van der Waals surface area contributed by atoms with Gasteiger partial charge in [-0.05, 0) is 242 Å². The van der Waals surface area contributed by atoms with Gasteiger partial charge in [0.05, 0.1) is 24.6 Å². The summed E-state index contributed by atoms with van der Waals surface area (Å²) in [4.78, 5) is 9.99. The molecule has 0 radical (unpaired) electrons. The predicted octanol–water partition coefficient (Wildman–Crippen LogP) is 27.2. The number of rotatable bonds is 16. The molecule has 0 spiro atoms. The zero-order valence-electron chi connectivity index (χ0n) is 66.2. The van der Waals surface area contributed by atoms with Gasteiger partial charge in [-0.15, -0.1) is 0 Å². The second kappa shape index (κ2) is 27.5. The van der Waals surface area contributed by atoms with Crippen molar-refractivity contribution in [3.8, 4) is 90.0 Å². The standard InChI is InChI=1S/C97H108F2N2O4/c1-90(2,3)56-96(19,20)62-50-76(88(102)78(52-62)84-66-36-30-60(94(13,14)15)48-74(66)86(80-28-23-25-42-100-80)68-38-32-58(46-72(68)84)92(7,8)9)70-54-64(98)34-40-82(70)104-44-27-45-105-83-41-35-65(99)55-71(83)77-51-63(97(21,22)57-91(4,5)6)53-79(89(77)103)85-67-37-31-61(95(16,17)18)49-75(67)87(81-29-24-26-43-101-81)69-39-33-59(47-73(69)85)93(10,11)12/h23-26,28-43,46-55,102-103H,27,44-45,56-57H2,1-22H3. The van der Waals surface area contributed by atoms with Gasteiger partial charge in [0.1, 0.15) is 34.6 Å². The number of hydrogen-bond donors (Lipinski definition) is 2. The second-order valence-electron chi connectivity index (χ2n) is 37.4. The monoisotopic (exact) mass is 1400 g/mol. The predicted molar refractivity (Wildman–Crippen MR) is 439 cm³/mol. The van der Waals surface area contributed by atoms with Crippen molar-refractivity contribution in [2.75, 3.05) is 13.2 Å². The minimum atomic E-state index is -0.477. The Hall–Kier alpha value is -9.40. The SMILES string of the molecule is CC(C)(C)CC(C)(C)c1cc(-c2cc(F)ccc2OCCCOc2ccc(F)cc2-c2cc(C(C)(C)CC(C)(C)C)cc(-c3c4ccc(C(C)(C)C)cc4c(-c4ccccn4)c4ccc(C(C)(C)C)cc34)c2O)c(O)c(-c2c3ccc(C(C)(C)C)cc3c(-c3ccccn3)c3ccc(C(C)(C)C)cc23)c1. The minimum Gasteiger partial charge on any atom is -0.507 e. The van der Waals surface area contributed by atoms with E-state index in [1.807, 2.05) is 48.8 Å². The number of phenolic OH excluding ortho intramolecular Hbond substituents is 2. The average molecular weight is 1400 g/mol. The molecule has 0 saturated carbocycles. The van der Waals surface area contributed by atoms with Crippen molar-refractivity contribution in [2.24, 2.45) is 10.8 Å². The molecule has 6 nitrogen and oxygen atoms in total. The third-order valence-corrected chi connectivity index (χ3v) is 21.1. The molecule has 0 aliphatic heterocycles. The van der Waals surface area contributed by atoms with Gasteiger partial charge >= 0.3 is 0 Å². The Morgan fingerprint density at radius 3 is 0.905 bits per heavy atom. The lowest BCUT2D eigenvalue weighted by molar-refractivity contribution is 0.248. The van der Waals surface area contributed by atoms with Crippen LogP contribution in [0.15, 0.2) is 182 Å². The van der Waals surface area contributed by atoms with Crippen LogP contribution in [0.4, 0.5) is 8.78 Å². The molecule has 0 saturated heterocycles. The van der Waals surface area contributed by atoms with E-state index in [9.17, 15) is 10.2 Å². The number of pyridine rings is 2. The molecule has 10 aromatic carbocycles. The summed E-state index contributed by atoms with van der Waals surface area (Å²) in [6.45, 7) is 49.5. The Labute approximate surface area is 623 Å². The summed E-state index contributed by atoms with van der Waals surface area (Å²) < 4.78 is 46.3. The molecule has 8 heteroatoms. The first-order valence-electron chi connectivity index (χ1n) is 37.5. The summed E-state index contributed by atoms with van der Waals surface area (Å²) in [5.74, 6) is -0.164. The topological polar surface area (TPSA) is 84.7 Å². The molecule has 105 heavy (non-hydrogen) atoms. The third kappa shape index (κ3) is 15.5. The van der Waals surface area contributed by atoms with E-state index in [1.54, 1.807) is 12.1 Å². The highest BCUT2D eigenvalue weighted by Crippen LogP contribution is 2.55. The van der Waals surface area contributed by atoms with Crippen LogP contribution in [-0.2, 0) is 32.5 Å². The molecule has 0 aliphatic rings. The highest BCUT2D eigenvalue weighted by atomic mass is 19.1. The van der Waals surface area contributed by atoms with Crippen molar-refractivity contribution in [1.82, 2.24) is 9.97 Å². The van der Waals surface area contributed by atoms with Crippen LogP contribution in [0, 0.1) is 22.5 Å². The Balaban J connectivity index is 0.972. The van der Waals surface area contributed by atoms with Gasteiger partial charge in [-0.3, -0.25) is 9.97 Å². The molecule has 12 aromatic rings. The fourth-order valence-electron chi connectivity index (χ4n) is 16.3. The van der Waals surface area contributed by atoms with Gasteiger partial charge in [0, 0.05) is 74.4 Å². The van der Waals surface area contributed by atoms with Crippen molar-refractivity contribution in [1.29, 1.82) is 0 Å². The molecule has 0 atom stereocenters. The number of phenols is 2. The first-order chi connectivity index (χ1) is 49.0. The number of benzene rings is 10. The van der Waals surface area contributed by atoms with Crippen molar-refractivity contribution >= 4 is 43.1 Å². The van der Waals surface area contributed by atoms with Crippen LogP contribution in [0.3, 0.4) is 0 Å². The molecule has 0 aliphatic carbocycles. The minimum absolute atomic E-state index is 0.00616. The van der Waals surface area contributed by atoms with Gasteiger partial charge in [0.15, 0.2) is 0 Å². The number of hydrogen-bond acceptors (Lipinski definition) is 6. The quantitative estimate of drug-likeness (QED) is 0.0741. The van der Waals surface area contributed by atoms with Gasteiger partial charge in [-0.1, -0.05) is 213 Å². The molecular weight excluding hydrogens is 1300 g/mol. The highest BCUT2D eigenvalue weighted by Gasteiger charge is 2.35. The van der Waals surface area contributed by atoms with Crippen LogP contribution < -0.4 is 9.47 Å². The Morgan fingerprint density at radius 1 is 0.305 bits per heavy atom. The van der Waals surface area contributed by atoms with Crippen molar-refractivity contribution in [2.45, 2.75) is 204 Å². The van der Waals surface area contributed by atoms with Crippen LogP contribution >= 0.6 is 0 Å². The van der Waals surface area contributed by atoms with E-state index in [0.717, 1.165) is 112 Å². The van der Waals surface area contributed by atoms with Gasteiger partial charge in [0.25, 0.3) is 0 Å².